The highest BCUT2D eigenvalue weighted by Gasteiger charge is 2.20. The topological polar surface area (TPSA) is 269 Å². The summed E-state index contributed by atoms with van der Waals surface area (Å²) < 4.78 is 27.7. The van der Waals surface area contributed by atoms with Crippen LogP contribution in [0.3, 0.4) is 0 Å². The van der Waals surface area contributed by atoms with Crippen LogP contribution in [0.15, 0.2) is 202 Å². The van der Waals surface area contributed by atoms with Gasteiger partial charge in [-0.2, -0.15) is 0 Å². The molecule has 0 aromatic carbocycles. The van der Waals surface area contributed by atoms with Crippen molar-refractivity contribution < 1.29 is 42.9 Å². The number of carbonyl (C=O) groups is 4. The number of hydrogen-bond acceptors (Lipinski definition) is 23. The molecule has 12 rings (SSSR count). The molecule has 1 aliphatic carbocycles. The van der Waals surface area contributed by atoms with E-state index < -0.39 is 0 Å². The predicted molar refractivity (Wildman–Crippen MR) is 336 cm³/mol. The summed E-state index contributed by atoms with van der Waals surface area (Å²) in [7, 11) is 1.57. The van der Waals surface area contributed by atoms with E-state index in [0.29, 0.717) is 92.6 Å². The van der Waals surface area contributed by atoms with E-state index in [1.807, 2.05) is 24.4 Å². The highest BCUT2D eigenvalue weighted by molar-refractivity contribution is 7.11. The largest absolute Gasteiger partial charge is 0.497 e. The van der Waals surface area contributed by atoms with Crippen LogP contribution < -0.4 is 23.7 Å². The highest BCUT2D eigenvalue weighted by atomic mass is 32.1. The molecule has 0 atom stereocenters. The molecule has 21 nitrogen and oxygen atoms in total. The third-order valence-corrected chi connectivity index (χ3v) is 14.7. The molecule has 1 fully saturated rings. The van der Waals surface area contributed by atoms with Crippen LogP contribution in [0.25, 0.3) is 0 Å². The second-order valence-corrected chi connectivity index (χ2v) is 22.1. The molecule has 0 N–H and O–H groups in total. The molecule has 23 heteroatoms. The molecular weight excluding hydrogens is 1180 g/mol. The number of nitrogens with zero attached hydrogens (tertiary/aromatic N) is 12. The minimum atomic E-state index is -0.162. The summed E-state index contributed by atoms with van der Waals surface area (Å²) in [4.78, 5) is 99.1. The van der Waals surface area contributed by atoms with Crippen molar-refractivity contribution in [1.82, 2.24) is 59.8 Å². The van der Waals surface area contributed by atoms with Crippen LogP contribution in [-0.2, 0) is 19.3 Å². The zero-order valence-electron chi connectivity index (χ0n) is 49.1. The lowest BCUT2D eigenvalue weighted by Gasteiger charge is -2.12. The van der Waals surface area contributed by atoms with Gasteiger partial charge in [0.1, 0.15) is 85.1 Å². The van der Waals surface area contributed by atoms with E-state index in [1.54, 1.807) is 166 Å². The number of aromatic nitrogens is 12. The Morgan fingerprint density at radius 3 is 1.31 bits per heavy atom. The first-order chi connectivity index (χ1) is 44.1. The maximum atomic E-state index is 12.5. The van der Waals surface area contributed by atoms with Crippen LogP contribution in [0.4, 0.5) is 0 Å². The Bertz CT molecular complexity index is 4040. The minimum absolute atomic E-state index is 0.0778. The number of rotatable bonds is 21. The van der Waals surface area contributed by atoms with Crippen molar-refractivity contribution in [2.75, 3.05) is 7.11 Å². The lowest BCUT2D eigenvalue weighted by Crippen LogP contribution is -2.10. The molecule has 0 bridgehead atoms. The van der Waals surface area contributed by atoms with Gasteiger partial charge in [0, 0.05) is 109 Å². The van der Waals surface area contributed by atoms with Crippen LogP contribution in [-0.4, -0.2) is 90.1 Å². The number of Topliss-reactive ketones (excluding diaryl/α,β-unsaturated/α-hetero) is 4. The molecule has 0 unspecified atom stereocenters. The SMILES string of the molecule is COc1ccnc(CC(=O)c2cc(Oc3cncnc3)ccn2)c1.Cc1cnc(CC(=O)c2cc(Oc3cccnc3)ccn2)s1.O=C(CC1CCCCCC1)c1cc(Oc2cccnc2)ccn1.O=C(Cc1nccs1)c1cc(Oc2cccnc2)ccn1. The van der Waals surface area contributed by atoms with E-state index in [4.69, 9.17) is 23.7 Å². The Labute approximate surface area is 526 Å². The zero-order valence-corrected chi connectivity index (χ0v) is 50.7. The normalized spacial score (nSPS) is 11.7. The predicted octanol–water partition coefficient (Wildman–Crippen LogP) is 13.9. The van der Waals surface area contributed by atoms with Crippen molar-refractivity contribution in [3.05, 3.63) is 245 Å². The van der Waals surface area contributed by atoms with Crippen LogP contribution >= 0.6 is 22.7 Å². The average molecular weight is 1240 g/mol. The van der Waals surface area contributed by atoms with Gasteiger partial charge in [-0.1, -0.05) is 38.5 Å². The Morgan fingerprint density at radius 2 is 0.867 bits per heavy atom. The zero-order chi connectivity index (χ0) is 62.5. The summed E-state index contributed by atoms with van der Waals surface area (Å²) in [5.41, 5.74) is 2.15. The molecule has 90 heavy (non-hydrogen) atoms. The van der Waals surface area contributed by atoms with Crippen molar-refractivity contribution in [1.29, 1.82) is 0 Å². The fourth-order valence-electron chi connectivity index (χ4n) is 8.76. The molecule has 0 saturated heterocycles. The summed E-state index contributed by atoms with van der Waals surface area (Å²) in [5, 5.41) is 3.42. The van der Waals surface area contributed by atoms with Gasteiger partial charge in [0.2, 0.25) is 0 Å². The summed E-state index contributed by atoms with van der Waals surface area (Å²) >= 11 is 2.97. The standard InChI is InChI=1S/C19H22N2O2.C17H14N4O3.C16H13N3O2S.C15H11N3O2S/c22-19(12-15-6-3-1-2-4-7-15)18-13-16(9-11-21-18)23-17-8-5-10-20-14-17;1-23-13-2-4-20-12(6-13)7-17(22)16-8-14(3-5-21-16)24-15-9-18-11-19-10-15;1-11-9-19-16(22-11)8-15(20)14-7-12(4-6-18-14)21-13-3-2-5-17-10-13;19-14(9-15-18-6-7-21-15)13-8-11(3-5-17-13)20-12-2-1-4-16-10-12/h5,8-11,13-15H,1-4,6-7,12H2;2-6,8-11H,7H2,1H3;2-7,9-10H,8H2,1H3;1-8,10H,9H2. The van der Waals surface area contributed by atoms with Crippen molar-refractivity contribution in [3.63, 3.8) is 0 Å². The average Bonchev–Trinajstić information content (AvgIpc) is 3.54. The molecule has 11 aromatic heterocycles. The van der Waals surface area contributed by atoms with E-state index in [1.165, 1.54) is 73.3 Å². The van der Waals surface area contributed by atoms with Crippen LogP contribution in [0.1, 0.15) is 107 Å². The first-order valence-corrected chi connectivity index (χ1v) is 30.2. The van der Waals surface area contributed by atoms with Gasteiger partial charge < -0.3 is 23.7 Å². The quantitative estimate of drug-likeness (QED) is 0.0478. The number of ether oxygens (including phenoxy) is 5. The third-order valence-electron chi connectivity index (χ3n) is 13.0. The fraction of sp³-hybridized carbons (Fsp3) is 0.194. The van der Waals surface area contributed by atoms with E-state index in [0.717, 1.165) is 27.7 Å². The lowest BCUT2D eigenvalue weighted by molar-refractivity contribution is 0.0948. The van der Waals surface area contributed by atoms with Gasteiger partial charge >= 0.3 is 0 Å². The summed E-state index contributed by atoms with van der Waals surface area (Å²) in [6.07, 6.45) is 34.4. The number of thiazole rings is 2. The van der Waals surface area contributed by atoms with Crippen LogP contribution in [0.2, 0.25) is 0 Å². The number of pyridine rings is 8. The maximum Gasteiger partial charge on any atom is 0.188 e. The van der Waals surface area contributed by atoms with Crippen molar-refractivity contribution in [2.24, 2.45) is 5.92 Å². The number of hydrogen-bond donors (Lipinski definition) is 0. The summed E-state index contributed by atoms with van der Waals surface area (Å²) in [6, 6.07) is 27.7. The molecule has 454 valence electrons. The monoisotopic (exact) mass is 1240 g/mol. The highest BCUT2D eigenvalue weighted by Crippen LogP contribution is 2.29. The Morgan fingerprint density at radius 1 is 0.422 bits per heavy atom. The van der Waals surface area contributed by atoms with Crippen molar-refractivity contribution >= 4 is 45.8 Å². The van der Waals surface area contributed by atoms with E-state index in [9.17, 15) is 19.2 Å². The Balaban J connectivity index is 0.000000142. The third kappa shape index (κ3) is 21.0. The summed E-state index contributed by atoms with van der Waals surface area (Å²) in [6.45, 7) is 1.96. The van der Waals surface area contributed by atoms with Gasteiger partial charge in [-0.3, -0.25) is 59.0 Å². The van der Waals surface area contributed by atoms with Crippen LogP contribution in [0, 0.1) is 12.8 Å². The molecule has 1 saturated carbocycles. The number of ketones is 4. The van der Waals surface area contributed by atoms with Gasteiger partial charge in [0.15, 0.2) is 28.9 Å². The molecular formula is C67H60N12O9S2. The second-order valence-electron chi connectivity index (χ2n) is 19.8. The lowest BCUT2D eigenvalue weighted by atomic mass is 9.93. The van der Waals surface area contributed by atoms with Gasteiger partial charge in [-0.25, -0.2) is 19.9 Å². The van der Waals surface area contributed by atoms with E-state index >= 15 is 0 Å². The first-order valence-electron chi connectivity index (χ1n) is 28.5. The maximum absolute atomic E-state index is 12.5. The molecule has 11 aromatic rings. The Kier molecular flexibility index (Phi) is 24.0. The number of carbonyl (C=O) groups excluding carboxylic acids is 4. The van der Waals surface area contributed by atoms with Gasteiger partial charge in [0.05, 0.1) is 63.1 Å². The number of aryl methyl sites for hydroxylation is 1. The summed E-state index contributed by atoms with van der Waals surface area (Å²) in [5.74, 6) is 5.55. The van der Waals surface area contributed by atoms with Crippen molar-refractivity contribution in [3.8, 4) is 51.7 Å². The fourth-order valence-corrected chi connectivity index (χ4v) is 10.2. The number of methoxy groups -OCH3 is 1. The van der Waals surface area contributed by atoms with Gasteiger partial charge in [0.25, 0.3) is 0 Å². The second kappa shape index (κ2) is 33.9. The smallest absolute Gasteiger partial charge is 0.188 e. The van der Waals surface area contributed by atoms with E-state index in [2.05, 4.69) is 59.8 Å². The molecule has 0 spiro atoms. The van der Waals surface area contributed by atoms with Gasteiger partial charge in [-0.05, 0) is 79.6 Å². The molecule has 0 amide bonds. The first kappa shape index (κ1) is 63.7. The molecule has 11 heterocycles. The van der Waals surface area contributed by atoms with Crippen molar-refractivity contribution in [2.45, 2.75) is 71.1 Å². The van der Waals surface area contributed by atoms with Crippen LogP contribution in [0.5, 0.6) is 51.7 Å². The molecule has 0 radical (unpaired) electrons. The Hall–Kier alpha value is -10.8. The van der Waals surface area contributed by atoms with E-state index in [-0.39, 0.29) is 42.4 Å². The molecule has 1 aliphatic rings. The minimum Gasteiger partial charge on any atom is -0.497 e. The molecule has 0 aliphatic heterocycles. The van der Waals surface area contributed by atoms with Gasteiger partial charge in [-0.15, -0.1) is 22.7 Å².